The molecule has 0 spiro atoms. The molecule has 1 unspecified atom stereocenters. The lowest BCUT2D eigenvalue weighted by molar-refractivity contribution is 0.281. The highest BCUT2D eigenvalue weighted by Crippen LogP contribution is 2.29. The van der Waals surface area contributed by atoms with Gasteiger partial charge in [0.2, 0.25) is 0 Å². The van der Waals surface area contributed by atoms with E-state index in [0.717, 1.165) is 18.4 Å². The van der Waals surface area contributed by atoms with Crippen LogP contribution in [0.1, 0.15) is 29.2 Å². The molecular weight excluding hydrogens is 150 g/mol. The lowest BCUT2D eigenvalue weighted by atomic mass is 10.1. The van der Waals surface area contributed by atoms with Crippen LogP contribution in [0.15, 0.2) is 18.2 Å². The van der Waals surface area contributed by atoms with Crippen LogP contribution in [0, 0.1) is 0 Å². The molecule has 1 aromatic carbocycles. The molecule has 2 rings (SSSR count). The van der Waals surface area contributed by atoms with Crippen molar-refractivity contribution >= 4 is 0 Å². The Morgan fingerprint density at radius 2 is 2.33 bits per heavy atom. The minimum Gasteiger partial charge on any atom is -0.392 e. The second kappa shape index (κ2) is 2.88. The van der Waals surface area contributed by atoms with E-state index in [1.807, 2.05) is 12.1 Å². The molecule has 2 heteroatoms. The van der Waals surface area contributed by atoms with Gasteiger partial charge in [-0.25, -0.2) is 0 Å². The third-order valence-electron chi connectivity index (χ3n) is 2.51. The first-order valence-corrected chi connectivity index (χ1v) is 4.29. The van der Waals surface area contributed by atoms with Crippen LogP contribution in [0.25, 0.3) is 0 Å². The van der Waals surface area contributed by atoms with Crippen molar-refractivity contribution in [2.24, 2.45) is 5.73 Å². The van der Waals surface area contributed by atoms with Gasteiger partial charge in [0, 0.05) is 6.04 Å². The van der Waals surface area contributed by atoms with Crippen molar-refractivity contribution in [3.63, 3.8) is 0 Å². The minimum absolute atomic E-state index is 0.127. The van der Waals surface area contributed by atoms with Crippen LogP contribution >= 0.6 is 0 Å². The number of fused-ring (bicyclic) bond motifs is 1. The topological polar surface area (TPSA) is 46.2 Å². The Balaban J connectivity index is 2.41. The monoisotopic (exact) mass is 163 g/mol. The van der Waals surface area contributed by atoms with Crippen LogP contribution in [0.4, 0.5) is 0 Å². The molecule has 1 aliphatic rings. The second-order valence-corrected chi connectivity index (χ2v) is 3.34. The molecule has 0 amide bonds. The van der Waals surface area contributed by atoms with Gasteiger partial charge < -0.3 is 10.8 Å². The molecule has 0 bridgehead atoms. The normalized spacial score (nSPS) is 21.0. The Hall–Kier alpha value is -0.860. The van der Waals surface area contributed by atoms with E-state index in [2.05, 4.69) is 6.07 Å². The number of aryl methyl sites for hydroxylation is 1. The maximum Gasteiger partial charge on any atom is 0.0681 e. The van der Waals surface area contributed by atoms with Gasteiger partial charge in [-0.2, -0.15) is 0 Å². The quantitative estimate of drug-likeness (QED) is 0.651. The van der Waals surface area contributed by atoms with Crippen molar-refractivity contribution in [2.45, 2.75) is 25.5 Å². The fourth-order valence-corrected chi connectivity index (χ4v) is 1.80. The number of hydrogen-bond donors (Lipinski definition) is 2. The summed E-state index contributed by atoms with van der Waals surface area (Å²) in [5, 5.41) is 8.90. The minimum atomic E-state index is 0.127. The van der Waals surface area contributed by atoms with Crippen molar-refractivity contribution < 1.29 is 5.11 Å². The van der Waals surface area contributed by atoms with Crippen molar-refractivity contribution in [2.75, 3.05) is 0 Å². The van der Waals surface area contributed by atoms with Gasteiger partial charge in [0.15, 0.2) is 0 Å². The number of nitrogens with two attached hydrogens (primary N) is 1. The summed E-state index contributed by atoms with van der Waals surface area (Å²) in [4.78, 5) is 0. The number of hydrogen-bond acceptors (Lipinski definition) is 2. The standard InChI is InChI=1S/C10H13NO/c11-10-4-2-8-5-7(6-12)1-3-9(8)10/h1,3,5,10,12H,2,4,6,11H2. The smallest absolute Gasteiger partial charge is 0.0681 e. The van der Waals surface area contributed by atoms with Gasteiger partial charge in [0.1, 0.15) is 0 Å². The molecule has 12 heavy (non-hydrogen) atoms. The molecule has 0 aromatic heterocycles. The van der Waals surface area contributed by atoms with Crippen LogP contribution in [-0.4, -0.2) is 5.11 Å². The molecule has 0 fully saturated rings. The van der Waals surface area contributed by atoms with Gasteiger partial charge in [-0.15, -0.1) is 0 Å². The molecule has 64 valence electrons. The average molecular weight is 163 g/mol. The molecule has 1 aromatic rings. The molecule has 1 aliphatic carbocycles. The Morgan fingerprint density at radius 1 is 1.50 bits per heavy atom. The lowest BCUT2D eigenvalue weighted by Gasteiger charge is -2.04. The lowest BCUT2D eigenvalue weighted by Crippen LogP contribution is -2.04. The fourth-order valence-electron chi connectivity index (χ4n) is 1.80. The SMILES string of the molecule is NC1CCc2cc(CO)ccc21. The highest BCUT2D eigenvalue weighted by atomic mass is 16.3. The zero-order valence-electron chi connectivity index (χ0n) is 6.96. The summed E-state index contributed by atoms with van der Waals surface area (Å²) in [5.74, 6) is 0. The van der Waals surface area contributed by atoms with Crippen LogP contribution in [0.5, 0.6) is 0 Å². The maximum atomic E-state index is 8.90. The first-order chi connectivity index (χ1) is 5.81. The summed E-state index contributed by atoms with van der Waals surface area (Å²) < 4.78 is 0. The van der Waals surface area contributed by atoms with Gasteiger partial charge >= 0.3 is 0 Å². The van der Waals surface area contributed by atoms with E-state index in [9.17, 15) is 0 Å². The van der Waals surface area contributed by atoms with E-state index in [-0.39, 0.29) is 12.6 Å². The number of aliphatic hydroxyl groups is 1. The van der Waals surface area contributed by atoms with E-state index >= 15 is 0 Å². The van der Waals surface area contributed by atoms with Crippen LogP contribution in [-0.2, 0) is 13.0 Å². The van der Waals surface area contributed by atoms with Gasteiger partial charge in [-0.1, -0.05) is 18.2 Å². The first kappa shape index (κ1) is 7.77. The maximum absolute atomic E-state index is 8.90. The third kappa shape index (κ3) is 1.13. The summed E-state index contributed by atoms with van der Waals surface area (Å²) in [6.45, 7) is 0.127. The first-order valence-electron chi connectivity index (χ1n) is 4.29. The summed E-state index contributed by atoms with van der Waals surface area (Å²) in [6, 6.07) is 6.26. The molecule has 2 nitrogen and oxygen atoms in total. The average Bonchev–Trinajstić information content (AvgIpc) is 2.47. The molecule has 3 N–H and O–H groups in total. The van der Waals surface area contributed by atoms with Gasteiger partial charge in [0.05, 0.1) is 6.61 Å². The molecule has 0 aliphatic heterocycles. The Labute approximate surface area is 72.0 Å². The third-order valence-corrected chi connectivity index (χ3v) is 2.51. The van der Waals surface area contributed by atoms with E-state index in [0.29, 0.717) is 0 Å². The molecular formula is C10H13NO. The largest absolute Gasteiger partial charge is 0.392 e. The van der Waals surface area contributed by atoms with Gasteiger partial charge in [-0.05, 0) is 29.5 Å². The van der Waals surface area contributed by atoms with Crippen LogP contribution in [0.3, 0.4) is 0 Å². The molecule has 1 atom stereocenters. The van der Waals surface area contributed by atoms with Gasteiger partial charge in [0.25, 0.3) is 0 Å². The van der Waals surface area contributed by atoms with Crippen molar-refractivity contribution in [1.29, 1.82) is 0 Å². The highest BCUT2D eigenvalue weighted by Gasteiger charge is 2.18. The molecule has 0 saturated heterocycles. The summed E-state index contributed by atoms with van der Waals surface area (Å²) >= 11 is 0. The predicted molar refractivity (Wildman–Crippen MR) is 47.6 cm³/mol. The number of rotatable bonds is 1. The molecule has 0 radical (unpaired) electrons. The Kier molecular flexibility index (Phi) is 1.87. The highest BCUT2D eigenvalue weighted by molar-refractivity contribution is 5.37. The predicted octanol–water partition coefficient (Wildman–Crippen LogP) is 1.12. The van der Waals surface area contributed by atoms with E-state index < -0.39 is 0 Å². The molecule has 0 saturated carbocycles. The summed E-state index contributed by atoms with van der Waals surface area (Å²) in [6.07, 6.45) is 2.11. The number of aliphatic hydroxyl groups excluding tert-OH is 1. The Morgan fingerprint density at radius 3 is 3.08 bits per heavy atom. The zero-order valence-corrected chi connectivity index (χ0v) is 6.96. The summed E-state index contributed by atoms with van der Waals surface area (Å²) in [7, 11) is 0. The molecule has 0 heterocycles. The van der Waals surface area contributed by atoms with Crippen molar-refractivity contribution in [3.05, 3.63) is 34.9 Å². The number of benzene rings is 1. The Bertz CT molecular complexity index is 296. The fraction of sp³-hybridized carbons (Fsp3) is 0.400. The van der Waals surface area contributed by atoms with E-state index in [1.165, 1.54) is 11.1 Å². The second-order valence-electron chi connectivity index (χ2n) is 3.34. The summed E-state index contributed by atoms with van der Waals surface area (Å²) in [5.41, 5.74) is 9.43. The van der Waals surface area contributed by atoms with E-state index in [4.69, 9.17) is 10.8 Å². The zero-order chi connectivity index (χ0) is 8.55. The van der Waals surface area contributed by atoms with Crippen molar-refractivity contribution in [3.8, 4) is 0 Å². The van der Waals surface area contributed by atoms with Crippen LogP contribution < -0.4 is 5.73 Å². The van der Waals surface area contributed by atoms with E-state index in [1.54, 1.807) is 0 Å². The van der Waals surface area contributed by atoms with Crippen molar-refractivity contribution in [1.82, 2.24) is 0 Å². The van der Waals surface area contributed by atoms with Crippen LogP contribution in [0.2, 0.25) is 0 Å². The van der Waals surface area contributed by atoms with Gasteiger partial charge in [-0.3, -0.25) is 0 Å².